The number of hydrogen-bond donors (Lipinski definition) is 1. The molecule has 2 N–H and O–H groups in total. The minimum Gasteiger partial charge on any atom is -0.372 e. The van der Waals surface area contributed by atoms with E-state index in [4.69, 9.17) is 10.5 Å². The van der Waals surface area contributed by atoms with Gasteiger partial charge < -0.3 is 10.5 Å². The first-order valence-corrected chi connectivity index (χ1v) is 7.65. The van der Waals surface area contributed by atoms with E-state index in [9.17, 15) is 4.79 Å². The fourth-order valence-corrected chi connectivity index (χ4v) is 3.89. The Morgan fingerprint density at radius 1 is 1.53 bits per heavy atom. The van der Waals surface area contributed by atoms with Gasteiger partial charge in [-0.1, -0.05) is 12.8 Å². The molecule has 6 heteroatoms. The number of nitrogens with two attached hydrogens (primary N) is 1. The van der Waals surface area contributed by atoms with Gasteiger partial charge in [0.2, 0.25) is 0 Å². The number of rotatable bonds is 3. The first-order valence-electron chi connectivity index (χ1n) is 6.77. The standard InChI is InChI=1S/C13H19N3O2S/c14-12(17)10-8-19-11(15-10)7-16-5-6-18-13(9-16)3-1-2-4-13/h8H,1-7,9H2,(H2,14,17). The lowest BCUT2D eigenvalue weighted by molar-refractivity contribution is -0.107. The normalized spacial score (nSPS) is 22.9. The van der Waals surface area contributed by atoms with E-state index in [-0.39, 0.29) is 5.60 Å². The van der Waals surface area contributed by atoms with Crippen molar-refractivity contribution in [3.05, 3.63) is 16.1 Å². The molecule has 1 amide bonds. The fraction of sp³-hybridized carbons (Fsp3) is 0.692. The van der Waals surface area contributed by atoms with Crippen LogP contribution in [0.2, 0.25) is 0 Å². The van der Waals surface area contributed by atoms with Gasteiger partial charge in [-0.15, -0.1) is 11.3 Å². The van der Waals surface area contributed by atoms with Gasteiger partial charge in [-0.05, 0) is 12.8 Å². The van der Waals surface area contributed by atoms with Crippen LogP contribution in [0.4, 0.5) is 0 Å². The van der Waals surface area contributed by atoms with Gasteiger partial charge >= 0.3 is 0 Å². The topological polar surface area (TPSA) is 68.5 Å². The highest BCUT2D eigenvalue weighted by Gasteiger charge is 2.39. The highest BCUT2D eigenvalue weighted by molar-refractivity contribution is 7.09. The van der Waals surface area contributed by atoms with Crippen molar-refractivity contribution >= 4 is 17.2 Å². The molecule has 0 bridgehead atoms. The number of primary amides is 1. The SMILES string of the molecule is NC(=O)c1csc(CN2CCOC3(CCCC3)C2)n1. The number of ether oxygens (including phenoxy) is 1. The lowest BCUT2D eigenvalue weighted by Gasteiger charge is -2.40. The van der Waals surface area contributed by atoms with E-state index >= 15 is 0 Å². The van der Waals surface area contributed by atoms with Crippen molar-refractivity contribution < 1.29 is 9.53 Å². The molecule has 0 unspecified atom stereocenters. The Morgan fingerprint density at radius 2 is 2.32 bits per heavy atom. The Bertz CT molecular complexity index is 468. The summed E-state index contributed by atoms with van der Waals surface area (Å²) in [6.45, 7) is 3.52. The molecule has 5 nitrogen and oxygen atoms in total. The second-order valence-electron chi connectivity index (χ2n) is 5.44. The minimum absolute atomic E-state index is 0.0853. The molecule has 2 aliphatic rings. The molecule has 1 saturated carbocycles. The number of carbonyl (C=O) groups is 1. The van der Waals surface area contributed by atoms with E-state index in [2.05, 4.69) is 9.88 Å². The highest BCUT2D eigenvalue weighted by Crippen LogP contribution is 2.36. The van der Waals surface area contributed by atoms with Gasteiger partial charge in [-0.2, -0.15) is 0 Å². The van der Waals surface area contributed by atoms with Crippen LogP contribution in [0.25, 0.3) is 0 Å². The fourth-order valence-electron chi connectivity index (χ4n) is 3.07. The van der Waals surface area contributed by atoms with E-state index in [1.54, 1.807) is 5.38 Å². The third-order valence-electron chi connectivity index (χ3n) is 4.01. The number of thiazole rings is 1. The van der Waals surface area contributed by atoms with Crippen LogP contribution >= 0.6 is 11.3 Å². The van der Waals surface area contributed by atoms with Gasteiger partial charge in [0, 0.05) is 18.5 Å². The van der Waals surface area contributed by atoms with E-state index in [1.807, 2.05) is 0 Å². The maximum absolute atomic E-state index is 11.0. The zero-order valence-electron chi connectivity index (χ0n) is 10.9. The lowest BCUT2D eigenvalue weighted by Crippen LogP contribution is -2.49. The first-order chi connectivity index (χ1) is 9.17. The van der Waals surface area contributed by atoms with E-state index < -0.39 is 5.91 Å². The maximum atomic E-state index is 11.0. The average molecular weight is 281 g/mol. The second-order valence-corrected chi connectivity index (χ2v) is 6.38. The van der Waals surface area contributed by atoms with Crippen LogP contribution in [-0.4, -0.2) is 41.1 Å². The Labute approximate surface area is 116 Å². The largest absolute Gasteiger partial charge is 0.372 e. The Kier molecular flexibility index (Phi) is 3.56. The van der Waals surface area contributed by atoms with Gasteiger partial charge in [0.15, 0.2) is 0 Å². The monoisotopic (exact) mass is 281 g/mol. The van der Waals surface area contributed by atoms with Gasteiger partial charge in [-0.3, -0.25) is 9.69 Å². The zero-order valence-corrected chi connectivity index (χ0v) is 11.7. The van der Waals surface area contributed by atoms with Gasteiger partial charge in [-0.25, -0.2) is 4.98 Å². The van der Waals surface area contributed by atoms with Crippen molar-refractivity contribution in [1.82, 2.24) is 9.88 Å². The van der Waals surface area contributed by atoms with E-state index in [1.165, 1.54) is 37.0 Å². The number of morpholine rings is 1. The second kappa shape index (κ2) is 5.19. The summed E-state index contributed by atoms with van der Waals surface area (Å²) in [5, 5.41) is 2.70. The molecule has 1 aromatic rings. The quantitative estimate of drug-likeness (QED) is 0.909. The molecule has 1 spiro atoms. The number of carbonyl (C=O) groups excluding carboxylic acids is 1. The number of amides is 1. The molecule has 3 rings (SSSR count). The third kappa shape index (κ3) is 2.80. The van der Waals surface area contributed by atoms with Crippen LogP contribution < -0.4 is 5.73 Å². The molecule has 1 aliphatic heterocycles. The smallest absolute Gasteiger partial charge is 0.268 e. The van der Waals surface area contributed by atoms with Crippen molar-refractivity contribution in [2.45, 2.75) is 37.8 Å². The molecular formula is C13H19N3O2S. The predicted octanol–water partition coefficient (Wildman–Crippen LogP) is 1.39. The van der Waals surface area contributed by atoms with Crippen LogP contribution in [0, 0.1) is 0 Å². The molecular weight excluding hydrogens is 262 g/mol. The molecule has 1 aliphatic carbocycles. The summed E-state index contributed by atoms with van der Waals surface area (Å²) in [7, 11) is 0. The van der Waals surface area contributed by atoms with Crippen LogP contribution in [-0.2, 0) is 11.3 Å². The molecule has 2 fully saturated rings. The van der Waals surface area contributed by atoms with Gasteiger partial charge in [0.1, 0.15) is 10.7 Å². The molecule has 2 heterocycles. The highest BCUT2D eigenvalue weighted by atomic mass is 32.1. The minimum atomic E-state index is -0.447. The summed E-state index contributed by atoms with van der Waals surface area (Å²) in [5.41, 5.74) is 5.69. The molecule has 0 radical (unpaired) electrons. The summed E-state index contributed by atoms with van der Waals surface area (Å²) < 4.78 is 6.00. The molecule has 0 aromatic carbocycles. The maximum Gasteiger partial charge on any atom is 0.268 e. The molecule has 19 heavy (non-hydrogen) atoms. The Morgan fingerprint density at radius 3 is 3.00 bits per heavy atom. The Hall–Kier alpha value is -0.980. The summed E-state index contributed by atoms with van der Waals surface area (Å²) >= 11 is 1.51. The van der Waals surface area contributed by atoms with E-state index in [0.717, 1.165) is 31.2 Å². The van der Waals surface area contributed by atoms with Crippen LogP contribution in [0.15, 0.2) is 5.38 Å². The molecule has 0 atom stereocenters. The van der Waals surface area contributed by atoms with E-state index in [0.29, 0.717) is 5.69 Å². The zero-order chi connectivity index (χ0) is 13.3. The van der Waals surface area contributed by atoms with Crippen LogP contribution in [0.5, 0.6) is 0 Å². The van der Waals surface area contributed by atoms with Crippen molar-refractivity contribution in [1.29, 1.82) is 0 Å². The van der Waals surface area contributed by atoms with Crippen LogP contribution in [0.1, 0.15) is 41.2 Å². The van der Waals surface area contributed by atoms with Crippen LogP contribution in [0.3, 0.4) is 0 Å². The lowest BCUT2D eigenvalue weighted by atomic mass is 10.00. The summed E-state index contributed by atoms with van der Waals surface area (Å²) in [4.78, 5) is 17.7. The summed E-state index contributed by atoms with van der Waals surface area (Å²) in [6, 6.07) is 0. The number of hydrogen-bond acceptors (Lipinski definition) is 5. The third-order valence-corrected chi connectivity index (χ3v) is 4.84. The van der Waals surface area contributed by atoms with Gasteiger partial charge in [0.05, 0.1) is 18.8 Å². The molecule has 1 aromatic heterocycles. The van der Waals surface area contributed by atoms with Crippen molar-refractivity contribution in [3.8, 4) is 0 Å². The van der Waals surface area contributed by atoms with Crippen molar-refractivity contribution in [3.63, 3.8) is 0 Å². The number of nitrogens with zero attached hydrogens (tertiary/aromatic N) is 2. The average Bonchev–Trinajstić information content (AvgIpc) is 3.00. The predicted molar refractivity (Wildman–Crippen MR) is 73.1 cm³/mol. The van der Waals surface area contributed by atoms with Crippen molar-refractivity contribution in [2.24, 2.45) is 5.73 Å². The summed E-state index contributed by atoms with van der Waals surface area (Å²) in [6.07, 6.45) is 4.90. The summed E-state index contributed by atoms with van der Waals surface area (Å²) in [5.74, 6) is -0.447. The molecule has 104 valence electrons. The van der Waals surface area contributed by atoms with Gasteiger partial charge in [0.25, 0.3) is 5.91 Å². The molecule has 1 saturated heterocycles. The van der Waals surface area contributed by atoms with Crippen molar-refractivity contribution in [2.75, 3.05) is 19.7 Å². The Balaban J connectivity index is 1.64. The first kappa shape index (κ1) is 13.0. The number of aromatic nitrogens is 1.